The van der Waals surface area contributed by atoms with Crippen molar-refractivity contribution in [3.8, 4) is 5.75 Å². The van der Waals surface area contributed by atoms with Crippen molar-refractivity contribution < 1.29 is 5.11 Å². The fourth-order valence-corrected chi connectivity index (χ4v) is 3.52. The van der Waals surface area contributed by atoms with E-state index in [-0.39, 0.29) is 0 Å². The average Bonchev–Trinajstić information content (AvgIpc) is 2.77. The minimum absolute atomic E-state index is 0.356. The van der Waals surface area contributed by atoms with E-state index in [4.69, 9.17) is 0 Å². The molecule has 1 aliphatic heterocycles. The first-order valence-electron chi connectivity index (χ1n) is 5.56. The van der Waals surface area contributed by atoms with Crippen LogP contribution >= 0.6 is 27.7 Å². The van der Waals surface area contributed by atoms with Crippen molar-refractivity contribution in [1.82, 2.24) is 5.32 Å². The molecular formula is C12H16BrNOS. The zero-order valence-corrected chi connectivity index (χ0v) is 11.5. The number of thioether (sulfide) groups is 1. The average molecular weight is 302 g/mol. The van der Waals surface area contributed by atoms with Crippen molar-refractivity contribution >= 4 is 27.7 Å². The predicted octanol–water partition coefficient (Wildman–Crippen LogP) is 3.14. The lowest BCUT2D eigenvalue weighted by atomic mass is 10.2. The van der Waals surface area contributed by atoms with E-state index in [9.17, 15) is 5.11 Å². The molecule has 1 aliphatic rings. The minimum Gasteiger partial charge on any atom is -0.506 e. The van der Waals surface area contributed by atoms with Crippen LogP contribution in [0.5, 0.6) is 5.75 Å². The Balaban J connectivity index is 1.82. The molecule has 0 bridgehead atoms. The topological polar surface area (TPSA) is 32.3 Å². The van der Waals surface area contributed by atoms with Crippen molar-refractivity contribution in [2.24, 2.45) is 0 Å². The maximum Gasteiger partial charge on any atom is 0.134 e. The van der Waals surface area contributed by atoms with Gasteiger partial charge >= 0.3 is 0 Å². The summed E-state index contributed by atoms with van der Waals surface area (Å²) in [7, 11) is 0. The molecule has 2 N–H and O–H groups in total. The van der Waals surface area contributed by atoms with Crippen LogP contribution in [-0.4, -0.2) is 22.7 Å². The number of hydrogen-bond donors (Lipinski definition) is 2. The highest BCUT2D eigenvalue weighted by Crippen LogP contribution is 2.28. The first-order valence-corrected chi connectivity index (χ1v) is 7.40. The third kappa shape index (κ3) is 3.15. The van der Waals surface area contributed by atoms with Crippen LogP contribution in [0.1, 0.15) is 18.4 Å². The zero-order valence-electron chi connectivity index (χ0n) is 9.08. The van der Waals surface area contributed by atoms with Gasteiger partial charge in [-0.15, -0.1) is 0 Å². The summed E-state index contributed by atoms with van der Waals surface area (Å²) in [4.78, 5) is 0. The van der Waals surface area contributed by atoms with Crippen LogP contribution < -0.4 is 5.32 Å². The Kier molecular flexibility index (Phi) is 4.55. The Hall–Kier alpha value is -0.190. The summed E-state index contributed by atoms with van der Waals surface area (Å²) >= 11 is 5.37. The molecule has 0 amide bonds. The van der Waals surface area contributed by atoms with E-state index < -0.39 is 0 Å². The van der Waals surface area contributed by atoms with Crippen LogP contribution in [0.25, 0.3) is 0 Å². The van der Waals surface area contributed by atoms with Gasteiger partial charge in [0.25, 0.3) is 0 Å². The Labute approximate surface area is 109 Å². The molecule has 1 heterocycles. The summed E-state index contributed by atoms with van der Waals surface area (Å²) in [6, 6.07) is 5.76. The van der Waals surface area contributed by atoms with Gasteiger partial charge in [0.05, 0.1) is 4.47 Å². The second-order valence-electron chi connectivity index (χ2n) is 4.01. The van der Waals surface area contributed by atoms with Crippen molar-refractivity contribution in [2.75, 3.05) is 12.3 Å². The molecule has 1 saturated heterocycles. The third-order valence-electron chi connectivity index (χ3n) is 2.78. The first-order chi connectivity index (χ1) is 7.77. The normalized spacial score (nSPS) is 20.2. The zero-order chi connectivity index (χ0) is 11.4. The van der Waals surface area contributed by atoms with Gasteiger partial charge in [0.2, 0.25) is 0 Å². The molecule has 2 nitrogen and oxygen atoms in total. The molecule has 0 saturated carbocycles. The van der Waals surface area contributed by atoms with Crippen LogP contribution in [0.3, 0.4) is 0 Å². The van der Waals surface area contributed by atoms with Gasteiger partial charge in [-0.05, 0) is 40.6 Å². The summed E-state index contributed by atoms with van der Waals surface area (Å²) in [6.45, 7) is 1.78. The molecule has 0 spiro atoms. The van der Waals surface area contributed by atoms with Crippen LogP contribution in [0, 0.1) is 0 Å². The molecule has 1 atom stereocenters. The number of phenolic OH excluding ortho intramolecular Hbond substituents is 1. The molecule has 1 unspecified atom stereocenters. The fraction of sp³-hybridized carbons (Fsp3) is 0.500. The lowest BCUT2D eigenvalue weighted by molar-refractivity contribution is 0.461. The molecule has 0 aromatic heterocycles. The second-order valence-corrected chi connectivity index (χ2v) is 6.28. The molecular weight excluding hydrogens is 286 g/mol. The standard InChI is InChI=1S/C12H16BrNOS/c13-11-5-1-3-9(12(11)15)7-14-8-10-4-2-6-16-10/h1,3,5,10,14-15H,2,4,6-8H2. The predicted molar refractivity (Wildman–Crippen MR) is 73.0 cm³/mol. The molecule has 4 heteroatoms. The monoisotopic (exact) mass is 301 g/mol. The van der Waals surface area contributed by atoms with Crippen molar-refractivity contribution in [3.05, 3.63) is 28.2 Å². The summed E-state index contributed by atoms with van der Waals surface area (Å²) in [5.41, 5.74) is 0.956. The van der Waals surface area contributed by atoms with Crippen molar-refractivity contribution in [3.63, 3.8) is 0 Å². The molecule has 1 fully saturated rings. The number of benzene rings is 1. The number of hydrogen-bond acceptors (Lipinski definition) is 3. The molecule has 1 aromatic rings. The highest BCUT2D eigenvalue weighted by molar-refractivity contribution is 9.10. The molecule has 0 aliphatic carbocycles. The molecule has 2 rings (SSSR count). The van der Waals surface area contributed by atoms with Crippen LogP contribution in [0.15, 0.2) is 22.7 Å². The van der Waals surface area contributed by atoms with Gasteiger partial charge in [0.15, 0.2) is 0 Å². The lowest BCUT2D eigenvalue weighted by Crippen LogP contribution is -2.22. The number of nitrogens with one attached hydrogen (secondary N) is 1. The van der Waals surface area contributed by atoms with Gasteiger partial charge in [-0.2, -0.15) is 11.8 Å². The maximum absolute atomic E-state index is 9.80. The maximum atomic E-state index is 9.80. The first kappa shape index (κ1) is 12.3. The molecule has 0 radical (unpaired) electrons. The quantitative estimate of drug-likeness (QED) is 0.896. The number of para-hydroxylation sites is 1. The van der Waals surface area contributed by atoms with Gasteiger partial charge < -0.3 is 10.4 Å². The largest absolute Gasteiger partial charge is 0.506 e. The van der Waals surface area contributed by atoms with Crippen LogP contribution in [0.4, 0.5) is 0 Å². The van der Waals surface area contributed by atoms with Gasteiger partial charge in [0.1, 0.15) is 5.75 Å². The van der Waals surface area contributed by atoms with Crippen molar-refractivity contribution in [1.29, 1.82) is 0 Å². The Bertz CT molecular complexity index is 353. The molecule has 88 valence electrons. The van der Waals surface area contributed by atoms with E-state index in [1.807, 2.05) is 18.2 Å². The number of aromatic hydroxyl groups is 1. The van der Waals surface area contributed by atoms with Crippen LogP contribution in [0.2, 0.25) is 0 Å². The van der Waals surface area contributed by atoms with Gasteiger partial charge in [-0.3, -0.25) is 0 Å². The fourth-order valence-electron chi connectivity index (χ4n) is 1.88. The molecule has 16 heavy (non-hydrogen) atoms. The molecule has 1 aromatic carbocycles. The number of rotatable bonds is 4. The Morgan fingerprint density at radius 2 is 2.38 bits per heavy atom. The Morgan fingerprint density at radius 3 is 3.12 bits per heavy atom. The van der Waals surface area contributed by atoms with Crippen molar-refractivity contribution in [2.45, 2.75) is 24.6 Å². The van der Waals surface area contributed by atoms with Gasteiger partial charge in [0, 0.05) is 23.9 Å². The lowest BCUT2D eigenvalue weighted by Gasteiger charge is -2.11. The SMILES string of the molecule is Oc1c(Br)cccc1CNCC1CCCS1. The third-order valence-corrected chi connectivity index (χ3v) is 4.82. The summed E-state index contributed by atoms with van der Waals surface area (Å²) in [5, 5.41) is 14.0. The van der Waals surface area contributed by atoms with E-state index in [0.717, 1.165) is 28.4 Å². The van der Waals surface area contributed by atoms with E-state index in [1.54, 1.807) is 0 Å². The van der Waals surface area contributed by atoms with Gasteiger partial charge in [-0.25, -0.2) is 0 Å². The summed E-state index contributed by atoms with van der Waals surface area (Å²) < 4.78 is 0.766. The Morgan fingerprint density at radius 1 is 1.50 bits per heavy atom. The van der Waals surface area contributed by atoms with Crippen LogP contribution in [-0.2, 0) is 6.54 Å². The highest BCUT2D eigenvalue weighted by Gasteiger charge is 2.14. The minimum atomic E-state index is 0.356. The van der Waals surface area contributed by atoms with E-state index in [1.165, 1.54) is 18.6 Å². The highest BCUT2D eigenvalue weighted by atomic mass is 79.9. The summed E-state index contributed by atoms with van der Waals surface area (Å²) in [6.07, 6.45) is 2.67. The van der Waals surface area contributed by atoms with E-state index in [2.05, 4.69) is 33.0 Å². The second kappa shape index (κ2) is 5.94. The van der Waals surface area contributed by atoms with E-state index >= 15 is 0 Å². The smallest absolute Gasteiger partial charge is 0.134 e. The number of phenols is 1. The summed E-state index contributed by atoms with van der Waals surface area (Å²) in [5.74, 6) is 1.66. The number of halogens is 1. The van der Waals surface area contributed by atoms with Gasteiger partial charge in [-0.1, -0.05) is 12.1 Å². The van der Waals surface area contributed by atoms with E-state index in [0.29, 0.717) is 5.75 Å².